The van der Waals surface area contributed by atoms with Crippen molar-refractivity contribution in [3.63, 3.8) is 0 Å². The molecule has 0 radical (unpaired) electrons. The van der Waals surface area contributed by atoms with Crippen LogP contribution in [0.15, 0.2) is 0 Å². The Labute approximate surface area is 73.7 Å². The lowest BCUT2D eigenvalue weighted by molar-refractivity contribution is -0.124. The predicted octanol–water partition coefficient (Wildman–Crippen LogP) is 1.56. The van der Waals surface area contributed by atoms with Crippen molar-refractivity contribution in [2.24, 2.45) is 17.8 Å². The zero-order chi connectivity index (χ0) is 8.72. The topological polar surface area (TPSA) is 29.1 Å². The van der Waals surface area contributed by atoms with Gasteiger partial charge in [0.1, 0.15) is 0 Å². The lowest BCUT2D eigenvalue weighted by Gasteiger charge is -2.30. The molecule has 2 fully saturated rings. The highest BCUT2D eigenvalue weighted by Gasteiger charge is 2.41. The summed E-state index contributed by atoms with van der Waals surface area (Å²) in [7, 11) is 0. The second-order valence-electron chi connectivity index (χ2n) is 4.49. The number of amides is 1. The maximum absolute atomic E-state index is 11.1. The normalized spacial score (nSPS) is 47.0. The van der Waals surface area contributed by atoms with Crippen molar-refractivity contribution in [1.29, 1.82) is 0 Å². The van der Waals surface area contributed by atoms with Crippen LogP contribution in [0.3, 0.4) is 0 Å². The van der Waals surface area contributed by atoms with E-state index in [9.17, 15) is 4.79 Å². The Balaban J connectivity index is 2.11. The standard InChI is InChI=1S/C10H17NO/c1-6-5-7(2)10-8(6)3-4-9(12)11-10/h6-8,10H,3-5H2,1-2H3,(H,11,12). The lowest BCUT2D eigenvalue weighted by Crippen LogP contribution is -2.45. The number of hydrogen-bond acceptors (Lipinski definition) is 1. The first-order valence-electron chi connectivity index (χ1n) is 4.98. The van der Waals surface area contributed by atoms with Gasteiger partial charge in [-0.1, -0.05) is 13.8 Å². The summed E-state index contributed by atoms with van der Waals surface area (Å²) in [5.74, 6) is 2.52. The van der Waals surface area contributed by atoms with Crippen molar-refractivity contribution >= 4 is 5.91 Å². The van der Waals surface area contributed by atoms with Gasteiger partial charge in [0.2, 0.25) is 5.91 Å². The van der Waals surface area contributed by atoms with Gasteiger partial charge >= 0.3 is 0 Å². The van der Waals surface area contributed by atoms with Crippen molar-refractivity contribution in [2.75, 3.05) is 0 Å². The summed E-state index contributed by atoms with van der Waals surface area (Å²) in [6.45, 7) is 4.57. The third-order valence-electron chi connectivity index (χ3n) is 3.58. The highest BCUT2D eigenvalue weighted by atomic mass is 16.1. The van der Waals surface area contributed by atoms with Crippen molar-refractivity contribution in [3.8, 4) is 0 Å². The van der Waals surface area contributed by atoms with E-state index in [1.807, 2.05) is 0 Å². The van der Waals surface area contributed by atoms with E-state index >= 15 is 0 Å². The van der Waals surface area contributed by atoms with Gasteiger partial charge in [0, 0.05) is 12.5 Å². The van der Waals surface area contributed by atoms with E-state index in [4.69, 9.17) is 0 Å². The molecule has 1 aliphatic heterocycles. The molecule has 12 heavy (non-hydrogen) atoms. The number of piperidine rings is 1. The number of nitrogens with one attached hydrogen (secondary N) is 1. The first-order chi connectivity index (χ1) is 5.68. The fraction of sp³-hybridized carbons (Fsp3) is 0.900. The SMILES string of the molecule is CC1CC(C)C2NC(=O)CCC12. The van der Waals surface area contributed by atoms with Crippen LogP contribution in [0, 0.1) is 17.8 Å². The van der Waals surface area contributed by atoms with Crippen molar-refractivity contribution in [3.05, 3.63) is 0 Å². The fourth-order valence-corrected chi connectivity index (χ4v) is 2.95. The Bertz CT molecular complexity index is 202. The zero-order valence-electron chi connectivity index (χ0n) is 7.84. The summed E-state index contributed by atoms with van der Waals surface area (Å²) >= 11 is 0. The minimum atomic E-state index is 0.261. The summed E-state index contributed by atoms with van der Waals surface area (Å²) < 4.78 is 0. The van der Waals surface area contributed by atoms with Gasteiger partial charge in [-0.25, -0.2) is 0 Å². The third-order valence-corrected chi connectivity index (χ3v) is 3.58. The monoisotopic (exact) mass is 167 g/mol. The van der Waals surface area contributed by atoms with E-state index in [2.05, 4.69) is 19.2 Å². The molecule has 2 nitrogen and oxygen atoms in total. The Hall–Kier alpha value is -0.530. The van der Waals surface area contributed by atoms with E-state index in [0.717, 1.165) is 24.7 Å². The molecular formula is C10H17NO. The summed E-state index contributed by atoms with van der Waals surface area (Å²) in [4.78, 5) is 11.1. The fourth-order valence-electron chi connectivity index (χ4n) is 2.95. The number of rotatable bonds is 0. The van der Waals surface area contributed by atoms with Gasteiger partial charge in [-0.15, -0.1) is 0 Å². The van der Waals surface area contributed by atoms with Gasteiger partial charge in [0.15, 0.2) is 0 Å². The second-order valence-corrected chi connectivity index (χ2v) is 4.49. The molecule has 1 amide bonds. The number of carbonyl (C=O) groups is 1. The average molecular weight is 167 g/mol. The van der Waals surface area contributed by atoms with Crippen LogP contribution in [-0.2, 0) is 4.79 Å². The molecule has 2 heteroatoms. The minimum Gasteiger partial charge on any atom is -0.353 e. The van der Waals surface area contributed by atoms with Crippen LogP contribution in [0.5, 0.6) is 0 Å². The van der Waals surface area contributed by atoms with Crippen LogP contribution in [0.1, 0.15) is 33.1 Å². The van der Waals surface area contributed by atoms with Gasteiger partial charge in [-0.3, -0.25) is 4.79 Å². The molecule has 4 unspecified atom stereocenters. The summed E-state index contributed by atoms with van der Waals surface area (Å²) in [5, 5.41) is 3.12. The maximum Gasteiger partial charge on any atom is 0.220 e. The van der Waals surface area contributed by atoms with Crippen molar-refractivity contribution in [1.82, 2.24) is 5.32 Å². The van der Waals surface area contributed by atoms with E-state index in [1.54, 1.807) is 0 Å². The van der Waals surface area contributed by atoms with Crippen molar-refractivity contribution in [2.45, 2.75) is 39.2 Å². The molecule has 4 atom stereocenters. The minimum absolute atomic E-state index is 0.261. The highest BCUT2D eigenvalue weighted by molar-refractivity contribution is 5.77. The largest absolute Gasteiger partial charge is 0.353 e. The number of fused-ring (bicyclic) bond motifs is 1. The highest BCUT2D eigenvalue weighted by Crippen LogP contribution is 2.40. The first-order valence-corrected chi connectivity index (χ1v) is 4.98. The quantitative estimate of drug-likeness (QED) is 0.583. The second kappa shape index (κ2) is 2.75. The summed E-state index contributed by atoms with van der Waals surface area (Å²) in [6.07, 6.45) is 3.15. The molecule has 0 aromatic heterocycles. The average Bonchev–Trinajstić information content (AvgIpc) is 2.28. The summed E-state index contributed by atoms with van der Waals surface area (Å²) in [6, 6.07) is 0.487. The van der Waals surface area contributed by atoms with E-state index < -0.39 is 0 Å². The van der Waals surface area contributed by atoms with Crippen LogP contribution < -0.4 is 5.32 Å². The molecular weight excluding hydrogens is 150 g/mol. The third kappa shape index (κ3) is 1.13. The van der Waals surface area contributed by atoms with Gasteiger partial charge in [-0.05, 0) is 30.6 Å². The van der Waals surface area contributed by atoms with Gasteiger partial charge in [0.25, 0.3) is 0 Å². The van der Waals surface area contributed by atoms with Crippen LogP contribution in [0.2, 0.25) is 0 Å². The molecule has 1 N–H and O–H groups in total. The predicted molar refractivity (Wildman–Crippen MR) is 47.6 cm³/mol. The molecule has 68 valence electrons. The Morgan fingerprint density at radius 3 is 2.83 bits per heavy atom. The molecule has 2 rings (SSSR count). The molecule has 1 aliphatic carbocycles. The molecule has 1 heterocycles. The van der Waals surface area contributed by atoms with Gasteiger partial charge in [0.05, 0.1) is 0 Å². The molecule has 0 bridgehead atoms. The van der Waals surface area contributed by atoms with Crippen molar-refractivity contribution < 1.29 is 4.79 Å². The molecule has 2 aliphatic rings. The first kappa shape index (κ1) is 8.09. The Morgan fingerprint density at radius 2 is 2.08 bits per heavy atom. The van der Waals surface area contributed by atoms with Crippen LogP contribution in [-0.4, -0.2) is 11.9 Å². The number of hydrogen-bond donors (Lipinski definition) is 1. The van der Waals surface area contributed by atoms with Crippen LogP contribution in [0.25, 0.3) is 0 Å². The maximum atomic E-state index is 11.1. The molecule has 0 aromatic carbocycles. The van der Waals surface area contributed by atoms with E-state index in [1.165, 1.54) is 6.42 Å². The molecule has 1 saturated carbocycles. The van der Waals surface area contributed by atoms with Crippen LogP contribution >= 0.6 is 0 Å². The summed E-state index contributed by atoms with van der Waals surface area (Å²) in [5.41, 5.74) is 0. The molecule has 0 spiro atoms. The van der Waals surface area contributed by atoms with E-state index in [-0.39, 0.29) is 5.91 Å². The van der Waals surface area contributed by atoms with Crippen LogP contribution in [0.4, 0.5) is 0 Å². The Morgan fingerprint density at radius 1 is 1.33 bits per heavy atom. The van der Waals surface area contributed by atoms with E-state index in [0.29, 0.717) is 12.0 Å². The van der Waals surface area contributed by atoms with Gasteiger partial charge < -0.3 is 5.32 Å². The smallest absolute Gasteiger partial charge is 0.220 e. The molecule has 0 aromatic rings. The number of carbonyl (C=O) groups excluding carboxylic acids is 1. The Kier molecular flexibility index (Phi) is 1.85. The van der Waals surface area contributed by atoms with Gasteiger partial charge in [-0.2, -0.15) is 0 Å². The molecule has 1 saturated heterocycles. The lowest BCUT2D eigenvalue weighted by atomic mass is 9.87. The zero-order valence-corrected chi connectivity index (χ0v) is 7.84.